The van der Waals surface area contributed by atoms with Gasteiger partial charge in [-0.3, -0.25) is 4.79 Å². The lowest BCUT2D eigenvalue weighted by atomic mass is 9.72. The number of nitrogens with one attached hydrogen (secondary N) is 3. The summed E-state index contributed by atoms with van der Waals surface area (Å²) in [4.78, 5) is 15.6. The van der Waals surface area contributed by atoms with E-state index in [9.17, 15) is 4.79 Å². The fourth-order valence-electron chi connectivity index (χ4n) is 4.49. The van der Waals surface area contributed by atoms with Gasteiger partial charge in [-0.1, -0.05) is 24.3 Å². The van der Waals surface area contributed by atoms with Crippen molar-refractivity contribution in [3.8, 4) is 0 Å². The van der Waals surface area contributed by atoms with Crippen molar-refractivity contribution in [2.45, 2.75) is 30.4 Å². The predicted molar refractivity (Wildman–Crippen MR) is 99.3 cm³/mol. The van der Waals surface area contributed by atoms with Crippen LogP contribution in [0.5, 0.6) is 0 Å². The van der Waals surface area contributed by atoms with Gasteiger partial charge in [0.25, 0.3) is 5.91 Å². The molecule has 1 amide bonds. The maximum absolute atomic E-state index is 12.6. The van der Waals surface area contributed by atoms with Crippen LogP contribution >= 0.6 is 12.4 Å². The molecule has 0 unspecified atom stereocenters. The van der Waals surface area contributed by atoms with Crippen LogP contribution in [0.15, 0.2) is 42.6 Å². The summed E-state index contributed by atoms with van der Waals surface area (Å²) in [6, 6.07) is 12.0. The number of methoxy groups -OCH3 is 1. The van der Waals surface area contributed by atoms with Crippen LogP contribution in [0.4, 0.5) is 0 Å². The van der Waals surface area contributed by atoms with E-state index >= 15 is 0 Å². The Labute approximate surface area is 153 Å². The third-order valence-electron chi connectivity index (χ3n) is 5.56. The third kappa shape index (κ3) is 2.86. The molecule has 25 heavy (non-hydrogen) atoms. The first-order chi connectivity index (χ1) is 11.8. The molecule has 3 N–H and O–H groups in total. The molecule has 1 spiro atoms. The fourth-order valence-corrected chi connectivity index (χ4v) is 4.49. The number of amides is 1. The Balaban J connectivity index is 0.00000182. The van der Waals surface area contributed by atoms with E-state index in [-0.39, 0.29) is 35.9 Å². The lowest BCUT2D eigenvalue weighted by Crippen LogP contribution is -2.49. The molecule has 1 aromatic heterocycles. The monoisotopic (exact) mass is 361 g/mol. The van der Waals surface area contributed by atoms with Crippen molar-refractivity contribution in [3.63, 3.8) is 0 Å². The SMILES string of the molecule is CO[C@H]1[C@H](NC(=O)c2ccc[nH]2)c2ccccc2C12CCNCC2.Cl. The lowest BCUT2D eigenvalue weighted by Gasteiger charge is -2.40. The number of hydrogen-bond acceptors (Lipinski definition) is 3. The number of carbonyl (C=O) groups is 1. The van der Waals surface area contributed by atoms with Gasteiger partial charge in [0.1, 0.15) is 5.69 Å². The van der Waals surface area contributed by atoms with Gasteiger partial charge in [-0.15, -0.1) is 12.4 Å². The molecule has 1 aliphatic carbocycles. The Kier molecular flexibility index (Phi) is 5.18. The minimum absolute atomic E-state index is 0. The first-order valence-electron chi connectivity index (χ1n) is 8.53. The summed E-state index contributed by atoms with van der Waals surface area (Å²) in [6.45, 7) is 1.96. The summed E-state index contributed by atoms with van der Waals surface area (Å²) in [5.41, 5.74) is 3.07. The number of carbonyl (C=O) groups excluding carboxylic acids is 1. The zero-order valence-electron chi connectivity index (χ0n) is 14.2. The maximum atomic E-state index is 12.6. The smallest absolute Gasteiger partial charge is 0.268 e. The van der Waals surface area contributed by atoms with Crippen LogP contribution < -0.4 is 10.6 Å². The molecule has 1 aliphatic heterocycles. The van der Waals surface area contributed by atoms with Crippen LogP contribution in [0.25, 0.3) is 0 Å². The molecule has 0 bridgehead atoms. The molecule has 0 radical (unpaired) electrons. The van der Waals surface area contributed by atoms with Gasteiger partial charge in [0.15, 0.2) is 0 Å². The number of aromatic nitrogens is 1. The van der Waals surface area contributed by atoms with Crippen molar-refractivity contribution in [1.29, 1.82) is 0 Å². The molecular formula is C19H24ClN3O2. The van der Waals surface area contributed by atoms with Crippen molar-refractivity contribution in [2.75, 3.05) is 20.2 Å². The summed E-state index contributed by atoms with van der Waals surface area (Å²) >= 11 is 0. The molecule has 2 atom stereocenters. The van der Waals surface area contributed by atoms with Gasteiger partial charge in [0.2, 0.25) is 0 Å². The van der Waals surface area contributed by atoms with Crippen molar-refractivity contribution < 1.29 is 9.53 Å². The second kappa shape index (κ2) is 7.20. The van der Waals surface area contributed by atoms with E-state index in [4.69, 9.17) is 4.74 Å². The van der Waals surface area contributed by atoms with Gasteiger partial charge >= 0.3 is 0 Å². The highest BCUT2D eigenvalue weighted by Crippen LogP contribution is 2.51. The third-order valence-corrected chi connectivity index (χ3v) is 5.56. The average Bonchev–Trinajstić information content (AvgIpc) is 3.23. The minimum atomic E-state index is -0.125. The highest BCUT2D eigenvalue weighted by molar-refractivity contribution is 5.92. The van der Waals surface area contributed by atoms with E-state index in [0.717, 1.165) is 25.9 Å². The first kappa shape index (κ1) is 18.0. The fraction of sp³-hybridized carbons (Fsp3) is 0.421. The molecule has 6 heteroatoms. The van der Waals surface area contributed by atoms with Crippen LogP contribution in [0.3, 0.4) is 0 Å². The largest absolute Gasteiger partial charge is 0.378 e. The van der Waals surface area contributed by atoms with Crippen LogP contribution in [0.1, 0.15) is 40.5 Å². The van der Waals surface area contributed by atoms with Gasteiger partial charge < -0.3 is 20.4 Å². The number of aromatic amines is 1. The molecule has 4 rings (SSSR count). The predicted octanol–water partition coefficient (Wildman–Crippen LogP) is 2.56. The summed E-state index contributed by atoms with van der Waals surface area (Å²) in [5.74, 6) is -0.0900. The number of ether oxygens (including phenoxy) is 1. The molecule has 2 aromatic rings. The summed E-state index contributed by atoms with van der Waals surface area (Å²) in [5, 5.41) is 6.64. The Bertz CT molecular complexity index is 726. The normalized spacial score (nSPS) is 23.7. The Morgan fingerprint density at radius 1 is 1.20 bits per heavy atom. The van der Waals surface area contributed by atoms with Crippen LogP contribution in [0.2, 0.25) is 0 Å². The molecule has 1 fully saturated rings. The van der Waals surface area contributed by atoms with E-state index < -0.39 is 0 Å². The molecule has 2 heterocycles. The van der Waals surface area contributed by atoms with Crippen LogP contribution in [-0.2, 0) is 10.2 Å². The van der Waals surface area contributed by atoms with Gasteiger partial charge in [0, 0.05) is 18.7 Å². The average molecular weight is 362 g/mol. The van der Waals surface area contributed by atoms with Crippen molar-refractivity contribution in [1.82, 2.24) is 15.6 Å². The minimum Gasteiger partial charge on any atom is -0.378 e. The van der Waals surface area contributed by atoms with Gasteiger partial charge in [-0.05, 0) is 49.2 Å². The summed E-state index contributed by atoms with van der Waals surface area (Å²) in [7, 11) is 1.76. The molecule has 5 nitrogen and oxygen atoms in total. The van der Waals surface area contributed by atoms with Crippen LogP contribution in [-0.4, -0.2) is 37.2 Å². The topological polar surface area (TPSA) is 66.1 Å². The molecule has 134 valence electrons. The molecule has 0 saturated carbocycles. The number of rotatable bonds is 3. The standard InChI is InChI=1S/C19H23N3O2.ClH/c1-24-17-16(22-18(23)15-7-4-10-21-15)13-5-2-3-6-14(13)19(17)8-11-20-12-9-19;/h2-7,10,16-17,20-21H,8-9,11-12H2,1H3,(H,22,23);1H/t16-,17+;/m1./s1. The Hall–Kier alpha value is -1.82. The maximum Gasteiger partial charge on any atom is 0.268 e. The lowest BCUT2D eigenvalue weighted by molar-refractivity contribution is 0.00392. The highest BCUT2D eigenvalue weighted by Gasteiger charge is 2.53. The molecule has 2 aliphatic rings. The number of fused-ring (bicyclic) bond motifs is 2. The van der Waals surface area contributed by atoms with Crippen molar-refractivity contribution in [2.24, 2.45) is 0 Å². The quantitative estimate of drug-likeness (QED) is 0.787. The Morgan fingerprint density at radius 2 is 1.96 bits per heavy atom. The highest BCUT2D eigenvalue weighted by atomic mass is 35.5. The number of hydrogen-bond donors (Lipinski definition) is 3. The van der Waals surface area contributed by atoms with Gasteiger partial charge in [-0.2, -0.15) is 0 Å². The number of benzene rings is 1. The van der Waals surface area contributed by atoms with Crippen molar-refractivity contribution in [3.05, 3.63) is 59.4 Å². The van der Waals surface area contributed by atoms with Crippen LogP contribution in [0, 0.1) is 0 Å². The Morgan fingerprint density at radius 3 is 2.64 bits per heavy atom. The zero-order valence-corrected chi connectivity index (χ0v) is 15.1. The van der Waals surface area contributed by atoms with E-state index in [0.29, 0.717) is 5.69 Å². The first-order valence-corrected chi connectivity index (χ1v) is 8.53. The second-order valence-electron chi connectivity index (χ2n) is 6.68. The summed E-state index contributed by atoms with van der Waals surface area (Å²) < 4.78 is 5.97. The van der Waals surface area contributed by atoms with E-state index in [1.165, 1.54) is 11.1 Å². The number of piperidine rings is 1. The number of halogens is 1. The van der Waals surface area contributed by atoms with E-state index in [2.05, 4.69) is 33.8 Å². The summed E-state index contributed by atoms with van der Waals surface area (Å²) in [6.07, 6.45) is 3.77. The number of H-pyrrole nitrogens is 1. The second-order valence-corrected chi connectivity index (χ2v) is 6.68. The molecule has 1 saturated heterocycles. The van der Waals surface area contributed by atoms with Gasteiger partial charge in [0.05, 0.1) is 12.1 Å². The molecule has 1 aromatic carbocycles. The van der Waals surface area contributed by atoms with Gasteiger partial charge in [-0.25, -0.2) is 0 Å². The molecular weight excluding hydrogens is 338 g/mol. The van der Waals surface area contributed by atoms with E-state index in [1.807, 2.05) is 12.1 Å². The zero-order chi connectivity index (χ0) is 16.6. The van der Waals surface area contributed by atoms with E-state index in [1.54, 1.807) is 19.4 Å². The van der Waals surface area contributed by atoms with Crippen molar-refractivity contribution >= 4 is 18.3 Å².